The number of amides is 1. The monoisotopic (exact) mass is 409 g/mol. The van der Waals surface area contributed by atoms with Gasteiger partial charge < -0.3 is 19.0 Å². The first-order valence-corrected chi connectivity index (χ1v) is 10.5. The topological polar surface area (TPSA) is 69.3 Å². The Morgan fingerprint density at radius 1 is 1.24 bits per heavy atom. The summed E-state index contributed by atoms with van der Waals surface area (Å²) in [6.07, 6.45) is 0. The van der Waals surface area contributed by atoms with E-state index >= 15 is 0 Å². The van der Waals surface area contributed by atoms with Crippen molar-refractivity contribution in [1.29, 1.82) is 0 Å². The van der Waals surface area contributed by atoms with E-state index in [1.807, 2.05) is 61.5 Å². The van der Waals surface area contributed by atoms with Crippen LogP contribution in [-0.2, 0) is 16.1 Å². The smallest absolute Gasteiger partial charge is 0.231 e. The van der Waals surface area contributed by atoms with E-state index in [2.05, 4.69) is 14.9 Å². The van der Waals surface area contributed by atoms with Gasteiger partial charge in [0.25, 0.3) is 0 Å². The average molecular weight is 410 g/mol. The van der Waals surface area contributed by atoms with E-state index in [1.54, 1.807) is 7.11 Å². The molecule has 0 unspecified atom stereocenters. The molecule has 1 N–H and O–H groups in total. The molecule has 0 aliphatic heterocycles. The summed E-state index contributed by atoms with van der Waals surface area (Å²) in [7, 11) is 1.68. The molecule has 2 aromatic carbocycles. The molecule has 0 saturated heterocycles. The molecule has 6 nitrogen and oxygen atoms in total. The fraction of sp³-hybridized carbons (Fsp3) is 0.273. The van der Waals surface area contributed by atoms with E-state index in [-0.39, 0.29) is 17.7 Å². The van der Waals surface area contributed by atoms with Gasteiger partial charge in [-0.3, -0.25) is 4.79 Å². The van der Waals surface area contributed by atoms with Gasteiger partial charge >= 0.3 is 0 Å². The van der Waals surface area contributed by atoms with E-state index in [9.17, 15) is 4.79 Å². The van der Waals surface area contributed by atoms with Crippen LogP contribution in [0.5, 0.6) is 0 Å². The number of nitrogens with zero attached hydrogens (tertiary/aromatic N) is 2. The van der Waals surface area contributed by atoms with E-state index in [1.165, 1.54) is 11.8 Å². The van der Waals surface area contributed by atoms with Crippen LogP contribution in [0.1, 0.15) is 18.7 Å². The number of furan rings is 1. The third kappa shape index (κ3) is 4.31. The van der Waals surface area contributed by atoms with Gasteiger partial charge in [-0.1, -0.05) is 42.1 Å². The molecule has 0 spiro atoms. The van der Waals surface area contributed by atoms with Crippen LogP contribution in [0.2, 0.25) is 0 Å². The molecule has 0 bridgehead atoms. The number of benzene rings is 2. The molecule has 2 aromatic heterocycles. The zero-order chi connectivity index (χ0) is 20.2. The average Bonchev–Trinajstić information content (AvgIpc) is 3.32. The molecular weight excluding hydrogens is 386 g/mol. The molecule has 0 radical (unpaired) electrons. The van der Waals surface area contributed by atoms with E-state index in [4.69, 9.17) is 9.15 Å². The quantitative estimate of drug-likeness (QED) is 0.437. The first kappa shape index (κ1) is 19.5. The largest absolute Gasteiger partial charge is 0.459 e. The lowest BCUT2D eigenvalue weighted by atomic mass is 10.2. The number of aromatic nitrogens is 2. The summed E-state index contributed by atoms with van der Waals surface area (Å²) in [5.74, 6) is 0.964. The van der Waals surface area contributed by atoms with Crippen molar-refractivity contribution in [2.24, 2.45) is 0 Å². The summed E-state index contributed by atoms with van der Waals surface area (Å²) < 4.78 is 13.2. The summed E-state index contributed by atoms with van der Waals surface area (Å²) in [6, 6.07) is 17.6. The SMILES string of the molecule is COCCn1c(SCC(=O)N[C@@H](C)c2cc3ccccc3o2)nc2ccccc21. The highest BCUT2D eigenvalue weighted by molar-refractivity contribution is 7.99. The first-order chi connectivity index (χ1) is 14.2. The molecule has 2 heterocycles. The maximum Gasteiger partial charge on any atom is 0.231 e. The highest BCUT2D eigenvalue weighted by atomic mass is 32.2. The summed E-state index contributed by atoms with van der Waals surface area (Å²) in [4.78, 5) is 17.2. The number of imidazole rings is 1. The fourth-order valence-corrected chi connectivity index (χ4v) is 4.11. The molecule has 7 heteroatoms. The van der Waals surface area contributed by atoms with Crippen molar-refractivity contribution in [2.45, 2.75) is 24.7 Å². The number of thioether (sulfide) groups is 1. The first-order valence-electron chi connectivity index (χ1n) is 9.50. The zero-order valence-electron chi connectivity index (χ0n) is 16.4. The number of methoxy groups -OCH3 is 1. The summed E-state index contributed by atoms with van der Waals surface area (Å²) in [6.45, 7) is 3.20. The maximum absolute atomic E-state index is 12.5. The van der Waals surface area contributed by atoms with Gasteiger partial charge in [-0.25, -0.2) is 4.98 Å². The molecule has 4 aromatic rings. The van der Waals surface area contributed by atoms with Crippen LogP contribution < -0.4 is 5.32 Å². The Kier molecular flexibility index (Phi) is 5.87. The number of fused-ring (bicyclic) bond motifs is 2. The number of carbonyl (C=O) groups is 1. The van der Waals surface area contributed by atoms with Gasteiger partial charge in [-0.15, -0.1) is 0 Å². The minimum atomic E-state index is -0.206. The van der Waals surface area contributed by atoms with E-state index in [0.29, 0.717) is 13.2 Å². The number of nitrogens with one attached hydrogen (secondary N) is 1. The fourth-order valence-electron chi connectivity index (χ4n) is 3.26. The van der Waals surface area contributed by atoms with Crippen molar-refractivity contribution in [3.63, 3.8) is 0 Å². The normalized spacial score (nSPS) is 12.5. The minimum absolute atomic E-state index is 0.0618. The number of rotatable bonds is 8. The minimum Gasteiger partial charge on any atom is -0.459 e. The van der Waals surface area contributed by atoms with Crippen LogP contribution in [0.25, 0.3) is 22.0 Å². The van der Waals surface area contributed by atoms with Crippen LogP contribution in [0.3, 0.4) is 0 Å². The zero-order valence-corrected chi connectivity index (χ0v) is 17.2. The third-order valence-corrected chi connectivity index (χ3v) is 5.70. The van der Waals surface area contributed by atoms with Crippen molar-refractivity contribution >= 4 is 39.7 Å². The Morgan fingerprint density at radius 3 is 2.86 bits per heavy atom. The Morgan fingerprint density at radius 2 is 2.03 bits per heavy atom. The van der Waals surface area contributed by atoms with Gasteiger partial charge in [0.15, 0.2) is 5.16 Å². The Hall–Kier alpha value is -2.77. The number of para-hydroxylation sites is 3. The lowest BCUT2D eigenvalue weighted by molar-refractivity contribution is -0.119. The van der Waals surface area contributed by atoms with Gasteiger partial charge in [-0.05, 0) is 31.2 Å². The van der Waals surface area contributed by atoms with Crippen molar-refractivity contribution in [3.8, 4) is 0 Å². The second-order valence-corrected chi connectivity index (χ2v) is 7.73. The maximum atomic E-state index is 12.5. The van der Waals surface area contributed by atoms with Crippen LogP contribution in [-0.4, -0.2) is 34.9 Å². The predicted octanol–water partition coefficient (Wildman–Crippen LogP) is 4.40. The molecule has 150 valence electrons. The molecular formula is C22H23N3O3S. The number of hydrogen-bond donors (Lipinski definition) is 1. The molecule has 1 atom stereocenters. The van der Waals surface area contributed by atoms with Crippen molar-refractivity contribution in [3.05, 3.63) is 60.4 Å². The van der Waals surface area contributed by atoms with Crippen LogP contribution in [0, 0.1) is 0 Å². The summed E-state index contributed by atoms with van der Waals surface area (Å²) in [5, 5.41) is 4.86. The van der Waals surface area contributed by atoms with Crippen LogP contribution in [0.4, 0.5) is 0 Å². The molecule has 29 heavy (non-hydrogen) atoms. The van der Waals surface area contributed by atoms with E-state index < -0.39 is 0 Å². The Balaban J connectivity index is 1.42. The van der Waals surface area contributed by atoms with Crippen molar-refractivity contribution in [1.82, 2.24) is 14.9 Å². The molecule has 1 amide bonds. The number of hydrogen-bond acceptors (Lipinski definition) is 5. The molecule has 0 fully saturated rings. The highest BCUT2D eigenvalue weighted by Crippen LogP contribution is 2.25. The third-order valence-electron chi connectivity index (χ3n) is 4.72. The predicted molar refractivity (Wildman–Crippen MR) is 115 cm³/mol. The van der Waals surface area contributed by atoms with Crippen LogP contribution in [0.15, 0.2) is 64.2 Å². The number of carbonyl (C=O) groups excluding carboxylic acids is 1. The van der Waals surface area contributed by atoms with Gasteiger partial charge in [0.1, 0.15) is 11.3 Å². The molecule has 0 aliphatic carbocycles. The second-order valence-electron chi connectivity index (χ2n) is 6.79. The highest BCUT2D eigenvalue weighted by Gasteiger charge is 2.16. The number of ether oxygens (including phenoxy) is 1. The lowest BCUT2D eigenvalue weighted by Gasteiger charge is -2.12. The molecule has 0 aliphatic rings. The molecule has 0 saturated carbocycles. The van der Waals surface area contributed by atoms with Crippen molar-refractivity contribution in [2.75, 3.05) is 19.5 Å². The van der Waals surface area contributed by atoms with Crippen LogP contribution >= 0.6 is 11.8 Å². The van der Waals surface area contributed by atoms with E-state index in [0.717, 1.165) is 32.9 Å². The standard InChI is InChI=1S/C22H23N3O3S/c1-15(20-13-16-7-3-6-10-19(16)28-20)23-21(26)14-29-22-24-17-8-4-5-9-18(17)25(22)11-12-27-2/h3-10,13,15H,11-12,14H2,1-2H3,(H,23,26)/t15-/m0/s1. The van der Waals surface area contributed by atoms with Gasteiger partial charge in [0.2, 0.25) is 5.91 Å². The Labute approximate surface area is 173 Å². The summed E-state index contributed by atoms with van der Waals surface area (Å²) >= 11 is 1.43. The Bertz CT molecular complexity index is 1100. The van der Waals surface area contributed by atoms with Crippen molar-refractivity contribution < 1.29 is 13.9 Å². The molecule has 4 rings (SSSR count). The summed E-state index contributed by atoms with van der Waals surface area (Å²) in [5.41, 5.74) is 2.79. The second kappa shape index (κ2) is 8.71. The lowest BCUT2D eigenvalue weighted by Crippen LogP contribution is -2.28. The van der Waals surface area contributed by atoms with Gasteiger partial charge in [0.05, 0.1) is 29.4 Å². The van der Waals surface area contributed by atoms with Gasteiger partial charge in [0, 0.05) is 19.0 Å². The van der Waals surface area contributed by atoms with Gasteiger partial charge in [-0.2, -0.15) is 0 Å².